The molecular weight excluding hydrogens is 290 g/mol. The molecular formula is C15H30ClN3O2. The number of amides is 2. The van der Waals surface area contributed by atoms with Crippen molar-refractivity contribution >= 4 is 24.2 Å². The van der Waals surface area contributed by atoms with E-state index in [1.54, 1.807) is 19.0 Å². The van der Waals surface area contributed by atoms with E-state index in [-0.39, 0.29) is 29.6 Å². The Morgan fingerprint density at radius 1 is 1.19 bits per heavy atom. The Kier molecular flexibility index (Phi) is 9.62. The van der Waals surface area contributed by atoms with Crippen LogP contribution in [-0.2, 0) is 9.59 Å². The van der Waals surface area contributed by atoms with Gasteiger partial charge in [-0.1, -0.05) is 19.3 Å². The first-order valence-corrected chi connectivity index (χ1v) is 7.66. The van der Waals surface area contributed by atoms with Crippen LogP contribution in [0.25, 0.3) is 0 Å². The second-order valence-electron chi connectivity index (χ2n) is 6.18. The van der Waals surface area contributed by atoms with E-state index in [0.29, 0.717) is 32.4 Å². The smallest absolute Gasteiger partial charge is 0.222 e. The summed E-state index contributed by atoms with van der Waals surface area (Å²) < 4.78 is 0. The third-order valence-corrected chi connectivity index (χ3v) is 4.27. The molecule has 2 amide bonds. The van der Waals surface area contributed by atoms with Crippen LogP contribution in [0.1, 0.15) is 51.4 Å². The van der Waals surface area contributed by atoms with E-state index >= 15 is 0 Å². The number of carbonyl (C=O) groups excluding carboxylic acids is 2. The van der Waals surface area contributed by atoms with E-state index in [4.69, 9.17) is 5.73 Å². The van der Waals surface area contributed by atoms with Crippen molar-refractivity contribution in [1.82, 2.24) is 10.2 Å². The lowest BCUT2D eigenvalue weighted by Gasteiger charge is -2.35. The Morgan fingerprint density at radius 2 is 1.81 bits per heavy atom. The molecule has 1 saturated carbocycles. The van der Waals surface area contributed by atoms with Gasteiger partial charge in [0.05, 0.1) is 0 Å². The number of hydrogen-bond acceptors (Lipinski definition) is 3. The monoisotopic (exact) mass is 319 g/mol. The largest absolute Gasteiger partial charge is 0.356 e. The molecule has 21 heavy (non-hydrogen) atoms. The van der Waals surface area contributed by atoms with Crippen molar-refractivity contribution in [3.63, 3.8) is 0 Å². The first-order valence-electron chi connectivity index (χ1n) is 7.66. The van der Waals surface area contributed by atoms with E-state index < -0.39 is 0 Å². The van der Waals surface area contributed by atoms with Crippen molar-refractivity contribution in [2.45, 2.75) is 51.4 Å². The molecule has 0 aromatic heterocycles. The van der Waals surface area contributed by atoms with Crippen molar-refractivity contribution in [3.05, 3.63) is 0 Å². The zero-order valence-electron chi connectivity index (χ0n) is 13.3. The maximum atomic E-state index is 12.0. The Hall–Kier alpha value is -0.810. The molecule has 0 atom stereocenters. The number of halogens is 1. The highest BCUT2D eigenvalue weighted by Gasteiger charge is 2.32. The minimum Gasteiger partial charge on any atom is -0.356 e. The minimum absolute atomic E-state index is 0. The molecule has 0 aromatic rings. The zero-order valence-corrected chi connectivity index (χ0v) is 14.1. The van der Waals surface area contributed by atoms with E-state index in [2.05, 4.69) is 5.32 Å². The molecule has 1 rings (SSSR count). The van der Waals surface area contributed by atoms with Gasteiger partial charge in [-0.15, -0.1) is 12.4 Å². The highest BCUT2D eigenvalue weighted by atomic mass is 35.5. The quantitative estimate of drug-likeness (QED) is 0.701. The van der Waals surface area contributed by atoms with Crippen LogP contribution in [0, 0.1) is 5.41 Å². The Balaban J connectivity index is 0.00000400. The Morgan fingerprint density at radius 3 is 2.33 bits per heavy atom. The molecule has 1 fully saturated rings. The van der Waals surface area contributed by atoms with Crippen LogP contribution in [0.2, 0.25) is 0 Å². The van der Waals surface area contributed by atoms with Gasteiger partial charge in [0.25, 0.3) is 0 Å². The number of nitrogens with zero attached hydrogens (tertiary/aromatic N) is 1. The summed E-state index contributed by atoms with van der Waals surface area (Å²) in [6.45, 7) is 1.17. The van der Waals surface area contributed by atoms with Gasteiger partial charge >= 0.3 is 0 Å². The second-order valence-corrected chi connectivity index (χ2v) is 6.18. The van der Waals surface area contributed by atoms with Crippen LogP contribution < -0.4 is 11.1 Å². The van der Waals surface area contributed by atoms with Gasteiger partial charge in [0.15, 0.2) is 0 Å². The van der Waals surface area contributed by atoms with Crippen LogP contribution in [0.15, 0.2) is 0 Å². The highest BCUT2D eigenvalue weighted by Crippen LogP contribution is 2.38. The predicted molar refractivity (Wildman–Crippen MR) is 87.4 cm³/mol. The van der Waals surface area contributed by atoms with Crippen LogP contribution in [0.3, 0.4) is 0 Å². The van der Waals surface area contributed by atoms with Gasteiger partial charge in [-0.2, -0.15) is 0 Å². The molecule has 3 N–H and O–H groups in total. The first kappa shape index (κ1) is 20.2. The summed E-state index contributed by atoms with van der Waals surface area (Å²) >= 11 is 0. The summed E-state index contributed by atoms with van der Waals surface area (Å²) in [6.07, 6.45) is 7.46. The average Bonchev–Trinajstić information content (AvgIpc) is 2.44. The van der Waals surface area contributed by atoms with E-state index in [1.807, 2.05) is 0 Å². The standard InChI is InChI=1S/C15H29N3O2.ClH/c1-18(2)14(20)7-6-10-17-13(19)11-15(12-16)8-4-3-5-9-15;/h3-12,16H2,1-2H3,(H,17,19);1H. The molecule has 1 aliphatic rings. The highest BCUT2D eigenvalue weighted by molar-refractivity contribution is 5.85. The molecule has 0 bridgehead atoms. The molecule has 0 spiro atoms. The average molecular weight is 320 g/mol. The number of rotatable bonds is 7. The van der Waals surface area contributed by atoms with Crippen molar-refractivity contribution in [3.8, 4) is 0 Å². The minimum atomic E-state index is 0. The van der Waals surface area contributed by atoms with Gasteiger partial charge in [-0.25, -0.2) is 0 Å². The first-order chi connectivity index (χ1) is 9.49. The van der Waals surface area contributed by atoms with Crippen LogP contribution in [0.5, 0.6) is 0 Å². The lowest BCUT2D eigenvalue weighted by atomic mass is 9.71. The van der Waals surface area contributed by atoms with Crippen molar-refractivity contribution in [1.29, 1.82) is 0 Å². The number of hydrogen-bond donors (Lipinski definition) is 2. The molecule has 1 aliphatic carbocycles. The van der Waals surface area contributed by atoms with E-state index in [1.165, 1.54) is 19.3 Å². The molecule has 0 saturated heterocycles. The summed E-state index contributed by atoms with van der Waals surface area (Å²) in [5, 5.41) is 2.92. The summed E-state index contributed by atoms with van der Waals surface area (Å²) in [5.74, 6) is 0.180. The van der Waals surface area contributed by atoms with E-state index in [9.17, 15) is 9.59 Å². The normalized spacial score (nSPS) is 16.7. The number of carbonyl (C=O) groups is 2. The maximum Gasteiger partial charge on any atom is 0.222 e. The summed E-state index contributed by atoms with van der Waals surface area (Å²) in [6, 6.07) is 0. The molecule has 0 aliphatic heterocycles. The van der Waals surface area contributed by atoms with Crippen LogP contribution in [0.4, 0.5) is 0 Å². The predicted octanol–water partition coefficient (Wildman–Crippen LogP) is 1.69. The van der Waals surface area contributed by atoms with Gasteiger partial charge < -0.3 is 16.0 Å². The molecule has 5 nitrogen and oxygen atoms in total. The molecule has 124 valence electrons. The second kappa shape index (κ2) is 10.0. The SMILES string of the molecule is CN(C)C(=O)CCCNC(=O)CC1(CN)CCCCC1.Cl. The fraction of sp³-hybridized carbons (Fsp3) is 0.867. The third-order valence-electron chi connectivity index (χ3n) is 4.27. The van der Waals surface area contributed by atoms with Crippen LogP contribution >= 0.6 is 12.4 Å². The van der Waals surface area contributed by atoms with Gasteiger partial charge in [0, 0.05) is 33.5 Å². The third kappa shape index (κ3) is 7.14. The Labute approximate surface area is 134 Å². The molecule has 0 heterocycles. The van der Waals surface area contributed by atoms with Crippen molar-refractivity contribution in [2.24, 2.45) is 11.1 Å². The molecule has 6 heteroatoms. The topological polar surface area (TPSA) is 75.4 Å². The summed E-state index contributed by atoms with van der Waals surface area (Å²) in [7, 11) is 3.49. The molecule has 0 aromatic carbocycles. The number of nitrogens with two attached hydrogens (primary N) is 1. The lowest BCUT2D eigenvalue weighted by Crippen LogP contribution is -2.39. The zero-order chi connectivity index (χ0) is 15.0. The molecule has 0 radical (unpaired) electrons. The number of nitrogens with one attached hydrogen (secondary N) is 1. The van der Waals surface area contributed by atoms with Gasteiger partial charge in [-0.05, 0) is 31.2 Å². The summed E-state index contributed by atoms with van der Waals surface area (Å²) in [4.78, 5) is 25.0. The maximum absolute atomic E-state index is 12.0. The van der Waals surface area contributed by atoms with Gasteiger partial charge in [-0.3, -0.25) is 9.59 Å². The summed E-state index contributed by atoms with van der Waals surface area (Å²) in [5.41, 5.74) is 5.90. The Bertz CT molecular complexity index is 329. The fourth-order valence-electron chi connectivity index (χ4n) is 2.85. The lowest BCUT2D eigenvalue weighted by molar-refractivity contribution is -0.129. The van der Waals surface area contributed by atoms with Crippen LogP contribution in [-0.4, -0.2) is 43.9 Å². The van der Waals surface area contributed by atoms with Crippen molar-refractivity contribution in [2.75, 3.05) is 27.2 Å². The molecule has 0 unspecified atom stereocenters. The van der Waals surface area contributed by atoms with Gasteiger partial charge in [0.2, 0.25) is 11.8 Å². The van der Waals surface area contributed by atoms with Crippen molar-refractivity contribution < 1.29 is 9.59 Å². The van der Waals surface area contributed by atoms with Gasteiger partial charge in [0.1, 0.15) is 0 Å². The fourth-order valence-corrected chi connectivity index (χ4v) is 2.85. The van der Waals surface area contributed by atoms with E-state index in [0.717, 1.165) is 12.8 Å².